The van der Waals surface area contributed by atoms with Gasteiger partial charge < -0.3 is 11.1 Å². The number of hydrogen-bond acceptors (Lipinski definition) is 2. The van der Waals surface area contributed by atoms with Crippen molar-refractivity contribution in [3.8, 4) is 0 Å². The number of hydrogen-bond donors (Lipinski definition) is 2. The molecule has 0 spiro atoms. The standard InChI is InChI=1S/C15H20Cl2N2O/c1-2-9-4-3-5-11(6-9)19-15(20)10-7-12(16)14(17)13(18)8-10/h7-9,11H,2-6,18H2,1H3,(H,19,20). The summed E-state index contributed by atoms with van der Waals surface area (Å²) in [5.74, 6) is 0.588. The van der Waals surface area contributed by atoms with Gasteiger partial charge in [-0.25, -0.2) is 0 Å². The predicted molar refractivity (Wildman–Crippen MR) is 84.4 cm³/mol. The van der Waals surface area contributed by atoms with Crippen LogP contribution >= 0.6 is 23.2 Å². The Labute approximate surface area is 129 Å². The zero-order chi connectivity index (χ0) is 14.7. The van der Waals surface area contributed by atoms with Gasteiger partial charge >= 0.3 is 0 Å². The molecule has 110 valence electrons. The molecule has 1 saturated carbocycles. The molecule has 3 N–H and O–H groups in total. The predicted octanol–water partition coefficient (Wildman–Crippen LogP) is 4.27. The Morgan fingerprint density at radius 3 is 2.80 bits per heavy atom. The molecular weight excluding hydrogens is 295 g/mol. The van der Waals surface area contributed by atoms with Gasteiger partial charge in [0.05, 0.1) is 15.7 Å². The van der Waals surface area contributed by atoms with Crippen LogP contribution in [0.3, 0.4) is 0 Å². The first kappa shape index (κ1) is 15.5. The molecule has 0 radical (unpaired) electrons. The second-order valence-corrected chi connectivity index (χ2v) is 6.26. The van der Waals surface area contributed by atoms with E-state index < -0.39 is 0 Å². The topological polar surface area (TPSA) is 55.1 Å². The summed E-state index contributed by atoms with van der Waals surface area (Å²) < 4.78 is 0. The van der Waals surface area contributed by atoms with Gasteiger partial charge in [-0.2, -0.15) is 0 Å². The lowest BCUT2D eigenvalue weighted by molar-refractivity contribution is 0.0919. The van der Waals surface area contributed by atoms with Gasteiger partial charge in [0.15, 0.2) is 0 Å². The summed E-state index contributed by atoms with van der Waals surface area (Å²) in [6.45, 7) is 2.20. The minimum absolute atomic E-state index is 0.128. The van der Waals surface area contributed by atoms with E-state index >= 15 is 0 Å². The molecule has 0 bridgehead atoms. The van der Waals surface area contributed by atoms with Crippen LogP contribution in [0.1, 0.15) is 49.4 Å². The SMILES string of the molecule is CCC1CCCC(NC(=O)c2cc(N)c(Cl)c(Cl)c2)C1. The second kappa shape index (κ2) is 6.68. The average Bonchev–Trinajstić information content (AvgIpc) is 2.44. The summed E-state index contributed by atoms with van der Waals surface area (Å²) in [5.41, 5.74) is 6.54. The number of amides is 1. The van der Waals surface area contributed by atoms with Crippen LogP contribution < -0.4 is 11.1 Å². The first-order valence-corrected chi connectivity index (χ1v) is 7.82. The minimum Gasteiger partial charge on any atom is -0.397 e. The first-order chi connectivity index (χ1) is 9.51. The Bertz CT molecular complexity index is 482. The third kappa shape index (κ3) is 3.58. The van der Waals surface area contributed by atoms with Gasteiger partial charge in [-0.1, -0.05) is 49.4 Å². The molecule has 0 heterocycles. The van der Waals surface area contributed by atoms with Crippen molar-refractivity contribution in [1.29, 1.82) is 0 Å². The maximum Gasteiger partial charge on any atom is 0.251 e. The van der Waals surface area contributed by atoms with Crippen LogP contribution in [-0.4, -0.2) is 11.9 Å². The number of benzene rings is 1. The highest BCUT2D eigenvalue weighted by Crippen LogP contribution is 2.30. The summed E-state index contributed by atoms with van der Waals surface area (Å²) in [7, 11) is 0. The van der Waals surface area contributed by atoms with E-state index in [0.717, 1.165) is 12.8 Å². The third-order valence-corrected chi connectivity index (χ3v) is 4.83. The van der Waals surface area contributed by atoms with Crippen LogP contribution in [0.2, 0.25) is 10.0 Å². The molecule has 1 amide bonds. The van der Waals surface area contributed by atoms with Crippen LogP contribution in [0.25, 0.3) is 0 Å². The fourth-order valence-corrected chi connectivity index (χ4v) is 3.14. The molecule has 0 saturated heterocycles. The summed E-state index contributed by atoms with van der Waals surface area (Å²) in [5, 5.41) is 3.69. The molecule has 20 heavy (non-hydrogen) atoms. The van der Waals surface area contributed by atoms with Crippen LogP contribution in [0.4, 0.5) is 5.69 Å². The highest BCUT2D eigenvalue weighted by molar-refractivity contribution is 6.43. The van der Waals surface area contributed by atoms with Gasteiger partial charge in [0.2, 0.25) is 0 Å². The van der Waals surface area contributed by atoms with Gasteiger partial charge in [-0.15, -0.1) is 0 Å². The number of nitrogens with one attached hydrogen (secondary N) is 1. The Kier molecular flexibility index (Phi) is 5.17. The number of anilines is 1. The van der Waals surface area contributed by atoms with Crippen molar-refractivity contribution >= 4 is 34.8 Å². The molecule has 2 rings (SSSR count). The zero-order valence-electron chi connectivity index (χ0n) is 11.6. The summed E-state index contributed by atoms with van der Waals surface area (Å²) in [4.78, 5) is 12.3. The Balaban J connectivity index is 2.05. The van der Waals surface area contributed by atoms with Crippen LogP contribution in [0, 0.1) is 5.92 Å². The Hall–Kier alpha value is -0.930. The van der Waals surface area contributed by atoms with Gasteiger partial charge in [-0.3, -0.25) is 4.79 Å². The van der Waals surface area contributed by atoms with Crippen molar-refractivity contribution in [2.24, 2.45) is 5.92 Å². The van der Waals surface area contributed by atoms with E-state index in [1.807, 2.05) is 0 Å². The first-order valence-electron chi connectivity index (χ1n) is 7.06. The average molecular weight is 315 g/mol. The number of rotatable bonds is 3. The number of nitrogen functional groups attached to an aromatic ring is 1. The zero-order valence-corrected chi connectivity index (χ0v) is 13.1. The van der Waals surface area contributed by atoms with Crippen LogP contribution in [0.5, 0.6) is 0 Å². The van der Waals surface area contributed by atoms with E-state index in [-0.39, 0.29) is 11.9 Å². The molecular formula is C15H20Cl2N2O. The summed E-state index contributed by atoms with van der Waals surface area (Å²) >= 11 is 11.9. The highest BCUT2D eigenvalue weighted by Gasteiger charge is 2.23. The third-order valence-electron chi connectivity index (χ3n) is 4.01. The largest absolute Gasteiger partial charge is 0.397 e. The summed E-state index contributed by atoms with van der Waals surface area (Å²) in [6, 6.07) is 3.39. The second-order valence-electron chi connectivity index (χ2n) is 5.47. The van der Waals surface area contributed by atoms with Gasteiger partial charge in [0.1, 0.15) is 0 Å². The van der Waals surface area contributed by atoms with Crippen molar-refractivity contribution in [2.45, 2.75) is 45.1 Å². The fourth-order valence-electron chi connectivity index (χ4n) is 2.80. The molecule has 0 aromatic heterocycles. The summed E-state index contributed by atoms with van der Waals surface area (Å²) in [6.07, 6.45) is 5.71. The molecule has 1 aromatic carbocycles. The lowest BCUT2D eigenvalue weighted by Gasteiger charge is -2.29. The van der Waals surface area contributed by atoms with Gasteiger partial charge in [-0.05, 0) is 30.9 Å². The van der Waals surface area contributed by atoms with Crippen molar-refractivity contribution in [3.63, 3.8) is 0 Å². The van der Waals surface area contributed by atoms with Crippen LogP contribution in [-0.2, 0) is 0 Å². The smallest absolute Gasteiger partial charge is 0.251 e. The molecule has 3 nitrogen and oxygen atoms in total. The van der Waals surface area contributed by atoms with Crippen molar-refractivity contribution in [3.05, 3.63) is 27.7 Å². The van der Waals surface area contributed by atoms with E-state index in [0.29, 0.717) is 27.2 Å². The minimum atomic E-state index is -0.128. The van der Waals surface area contributed by atoms with E-state index in [1.165, 1.54) is 19.3 Å². The van der Waals surface area contributed by atoms with Crippen molar-refractivity contribution in [2.75, 3.05) is 5.73 Å². The normalized spacial score (nSPS) is 22.6. The lowest BCUT2D eigenvalue weighted by Crippen LogP contribution is -2.38. The van der Waals surface area contributed by atoms with Crippen LogP contribution in [0.15, 0.2) is 12.1 Å². The number of carbonyl (C=O) groups excluding carboxylic acids is 1. The molecule has 1 aromatic rings. The van der Waals surface area contributed by atoms with E-state index in [4.69, 9.17) is 28.9 Å². The molecule has 2 unspecified atom stereocenters. The Morgan fingerprint density at radius 1 is 1.40 bits per heavy atom. The molecule has 1 fully saturated rings. The van der Waals surface area contributed by atoms with Gasteiger partial charge in [0, 0.05) is 11.6 Å². The molecule has 0 aliphatic heterocycles. The number of carbonyl (C=O) groups is 1. The Morgan fingerprint density at radius 2 is 2.15 bits per heavy atom. The lowest BCUT2D eigenvalue weighted by atomic mass is 9.84. The molecule has 2 atom stereocenters. The fraction of sp³-hybridized carbons (Fsp3) is 0.533. The monoisotopic (exact) mass is 314 g/mol. The number of nitrogens with two attached hydrogens (primary N) is 1. The molecule has 5 heteroatoms. The maximum atomic E-state index is 12.3. The highest BCUT2D eigenvalue weighted by atomic mass is 35.5. The van der Waals surface area contributed by atoms with E-state index in [1.54, 1.807) is 12.1 Å². The quantitative estimate of drug-likeness (QED) is 0.818. The van der Waals surface area contributed by atoms with Crippen molar-refractivity contribution < 1.29 is 4.79 Å². The van der Waals surface area contributed by atoms with Gasteiger partial charge in [0.25, 0.3) is 5.91 Å². The number of halogens is 2. The van der Waals surface area contributed by atoms with E-state index in [2.05, 4.69) is 12.2 Å². The molecule has 1 aliphatic rings. The molecule has 1 aliphatic carbocycles. The maximum absolute atomic E-state index is 12.3. The van der Waals surface area contributed by atoms with E-state index in [9.17, 15) is 4.79 Å². The van der Waals surface area contributed by atoms with Crippen molar-refractivity contribution in [1.82, 2.24) is 5.32 Å².